The third-order valence-electron chi connectivity index (χ3n) is 1.99. The lowest BCUT2D eigenvalue weighted by Crippen LogP contribution is -1.86. The molecule has 2 rings (SSSR count). The van der Waals surface area contributed by atoms with E-state index in [0.29, 0.717) is 0 Å². The maximum absolute atomic E-state index is 10.4. The Labute approximate surface area is 73.9 Å². The molecule has 0 radical (unpaired) electrons. The van der Waals surface area contributed by atoms with Crippen LogP contribution in [0.25, 0.3) is 10.8 Å². The minimum Gasteiger partial charge on any atom is -0.468 e. The highest BCUT2D eigenvalue weighted by molar-refractivity contribution is 5.85. The Hall–Kier alpha value is -1.84. The minimum absolute atomic E-state index is 0.0910. The first-order valence-corrected chi connectivity index (χ1v) is 3.81. The van der Waals surface area contributed by atoms with Crippen LogP contribution in [0.3, 0.4) is 0 Å². The van der Waals surface area contributed by atoms with Gasteiger partial charge in [0.15, 0.2) is 0 Å². The lowest BCUT2D eigenvalue weighted by atomic mass is 10.2. The SMILES string of the molecule is Cc1occ2cc([N+](=O)[O-])ccc12. The summed E-state index contributed by atoms with van der Waals surface area (Å²) in [6.07, 6.45) is 1.53. The predicted octanol–water partition coefficient (Wildman–Crippen LogP) is 2.65. The molecule has 0 aliphatic carbocycles. The second-order valence-electron chi connectivity index (χ2n) is 2.82. The van der Waals surface area contributed by atoms with Crippen LogP contribution >= 0.6 is 0 Å². The van der Waals surface area contributed by atoms with Gasteiger partial charge in [0.2, 0.25) is 0 Å². The van der Waals surface area contributed by atoms with Gasteiger partial charge >= 0.3 is 0 Å². The van der Waals surface area contributed by atoms with Gasteiger partial charge in [-0.25, -0.2) is 0 Å². The molecule has 66 valence electrons. The Kier molecular flexibility index (Phi) is 1.55. The van der Waals surface area contributed by atoms with Crippen LogP contribution in [0.5, 0.6) is 0 Å². The standard InChI is InChI=1S/C9H7NO3/c1-6-9-3-2-8(10(11)12)4-7(9)5-13-6/h2-5H,1H3. The van der Waals surface area contributed by atoms with Gasteiger partial charge in [-0.3, -0.25) is 10.1 Å². The third kappa shape index (κ3) is 1.16. The molecule has 4 nitrogen and oxygen atoms in total. The molecule has 0 atom stereocenters. The number of fused-ring (bicyclic) bond motifs is 1. The van der Waals surface area contributed by atoms with Gasteiger partial charge in [0.25, 0.3) is 5.69 Å². The first-order chi connectivity index (χ1) is 6.18. The highest BCUT2D eigenvalue weighted by Crippen LogP contribution is 2.24. The fourth-order valence-corrected chi connectivity index (χ4v) is 1.30. The Bertz CT molecular complexity index is 473. The molecule has 0 amide bonds. The van der Waals surface area contributed by atoms with Gasteiger partial charge in [0.05, 0.1) is 11.2 Å². The van der Waals surface area contributed by atoms with Crippen molar-refractivity contribution in [3.05, 3.63) is 40.3 Å². The van der Waals surface area contributed by atoms with Crippen LogP contribution in [-0.4, -0.2) is 4.92 Å². The number of hydrogen-bond acceptors (Lipinski definition) is 3. The van der Waals surface area contributed by atoms with Gasteiger partial charge < -0.3 is 4.42 Å². The van der Waals surface area contributed by atoms with E-state index in [0.717, 1.165) is 16.5 Å². The second-order valence-corrected chi connectivity index (χ2v) is 2.82. The van der Waals surface area contributed by atoms with Crippen molar-refractivity contribution in [2.45, 2.75) is 6.92 Å². The van der Waals surface area contributed by atoms with Crippen molar-refractivity contribution in [1.82, 2.24) is 0 Å². The average Bonchev–Trinajstić information content (AvgIpc) is 2.47. The summed E-state index contributed by atoms with van der Waals surface area (Å²) >= 11 is 0. The van der Waals surface area contributed by atoms with E-state index in [-0.39, 0.29) is 5.69 Å². The van der Waals surface area contributed by atoms with Crippen LogP contribution in [-0.2, 0) is 0 Å². The number of rotatable bonds is 1. The number of furan rings is 1. The normalized spacial score (nSPS) is 10.5. The molecule has 13 heavy (non-hydrogen) atoms. The number of nitro benzene ring substituents is 1. The van der Waals surface area contributed by atoms with E-state index in [1.165, 1.54) is 18.4 Å². The van der Waals surface area contributed by atoms with E-state index >= 15 is 0 Å². The summed E-state index contributed by atoms with van der Waals surface area (Å²) in [7, 11) is 0. The van der Waals surface area contributed by atoms with E-state index < -0.39 is 4.92 Å². The third-order valence-corrected chi connectivity index (χ3v) is 1.99. The van der Waals surface area contributed by atoms with Gasteiger partial charge in [0.1, 0.15) is 5.76 Å². The van der Waals surface area contributed by atoms with E-state index in [9.17, 15) is 10.1 Å². The molecule has 4 heteroatoms. The summed E-state index contributed by atoms with van der Waals surface area (Å²) in [5.74, 6) is 0.782. The van der Waals surface area contributed by atoms with E-state index in [4.69, 9.17) is 4.42 Å². The highest BCUT2D eigenvalue weighted by atomic mass is 16.6. The van der Waals surface area contributed by atoms with Crippen LogP contribution in [0.1, 0.15) is 5.76 Å². The molecule has 0 saturated carbocycles. The van der Waals surface area contributed by atoms with Gasteiger partial charge in [0, 0.05) is 22.9 Å². The summed E-state index contributed by atoms with van der Waals surface area (Å²) in [4.78, 5) is 10.0. The van der Waals surface area contributed by atoms with Crippen LogP contribution in [0, 0.1) is 17.0 Å². The Morgan fingerprint density at radius 3 is 2.92 bits per heavy atom. The zero-order valence-electron chi connectivity index (χ0n) is 6.98. The topological polar surface area (TPSA) is 56.3 Å². The summed E-state index contributed by atoms with van der Waals surface area (Å²) in [6, 6.07) is 4.68. The number of aryl methyl sites for hydroxylation is 1. The van der Waals surface area contributed by atoms with Gasteiger partial charge in [-0.1, -0.05) is 0 Å². The van der Waals surface area contributed by atoms with Gasteiger partial charge in [-0.05, 0) is 13.0 Å². The summed E-state index contributed by atoms with van der Waals surface area (Å²) in [6.45, 7) is 1.83. The second kappa shape index (κ2) is 2.58. The molecule has 0 aliphatic heterocycles. The number of non-ortho nitro benzene ring substituents is 1. The molecular weight excluding hydrogens is 170 g/mol. The Morgan fingerprint density at radius 1 is 1.46 bits per heavy atom. The number of nitro groups is 1. The van der Waals surface area contributed by atoms with Gasteiger partial charge in [-0.15, -0.1) is 0 Å². The molecule has 0 saturated heterocycles. The monoisotopic (exact) mass is 177 g/mol. The van der Waals surface area contributed by atoms with Crippen molar-refractivity contribution in [2.24, 2.45) is 0 Å². The Balaban J connectivity index is 2.70. The zero-order valence-corrected chi connectivity index (χ0v) is 6.98. The Morgan fingerprint density at radius 2 is 2.23 bits per heavy atom. The fourth-order valence-electron chi connectivity index (χ4n) is 1.30. The predicted molar refractivity (Wildman–Crippen MR) is 47.6 cm³/mol. The average molecular weight is 177 g/mol. The molecule has 1 heterocycles. The fraction of sp³-hybridized carbons (Fsp3) is 0.111. The van der Waals surface area contributed by atoms with Crippen molar-refractivity contribution in [1.29, 1.82) is 0 Å². The molecule has 1 aromatic heterocycles. The van der Waals surface area contributed by atoms with Crippen LogP contribution < -0.4 is 0 Å². The van der Waals surface area contributed by atoms with Crippen molar-refractivity contribution < 1.29 is 9.34 Å². The molecule has 0 bridgehead atoms. The van der Waals surface area contributed by atoms with Crippen molar-refractivity contribution in [2.75, 3.05) is 0 Å². The van der Waals surface area contributed by atoms with Crippen molar-refractivity contribution in [3.63, 3.8) is 0 Å². The quantitative estimate of drug-likeness (QED) is 0.497. The summed E-state index contributed by atoms with van der Waals surface area (Å²) in [5, 5.41) is 12.1. The first-order valence-electron chi connectivity index (χ1n) is 3.81. The molecule has 0 unspecified atom stereocenters. The first kappa shape index (κ1) is 7.79. The molecule has 2 aromatic rings. The maximum Gasteiger partial charge on any atom is 0.270 e. The van der Waals surface area contributed by atoms with Crippen LogP contribution in [0.4, 0.5) is 5.69 Å². The van der Waals surface area contributed by atoms with Crippen LogP contribution in [0.15, 0.2) is 28.9 Å². The van der Waals surface area contributed by atoms with E-state index in [1.54, 1.807) is 6.07 Å². The highest BCUT2D eigenvalue weighted by Gasteiger charge is 2.08. The van der Waals surface area contributed by atoms with Gasteiger partial charge in [-0.2, -0.15) is 0 Å². The van der Waals surface area contributed by atoms with Crippen molar-refractivity contribution in [3.8, 4) is 0 Å². The summed E-state index contributed by atoms with van der Waals surface area (Å²) in [5.41, 5.74) is 0.0910. The van der Waals surface area contributed by atoms with E-state index in [2.05, 4.69) is 0 Å². The lowest BCUT2D eigenvalue weighted by molar-refractivity contribution is -0.384. The molecule has 0 spiro atoms. The molecule has 0 aliphatic rings. The zero-order chi connectivity index (χ0) is 9.42. The lowest BCUT2D eigenvalue weighted by Gasteiger charge is -1.90. The molecule has 0 fully saturated rings. The molecule has 1 aromatic carbocycles. The van der Waals surface area contributed by atoms with E-state index in [1.807, 2.05) is 6.92 Å². The molecular formula is C9H7NO3. The molecule has 0 N–H and O–H groups in total. The number of nitrogens with zero attached hydrogens (tertiary/aromatic N) is 1. The minimum atomic E-state index is -0.415. The summed E-state index contributed by atoms with van der Waals surface area (Å²) < 4.78 is 5.13. The van der Waals surface area contributed by atoms with Crippen LogP contribution in [0.2, 0.25) is 0 Å². The number of benzene rings is 1. The van der Waals surface area contributed by atoms with Crippen molar-refractivity contribution >= 4 is 16.5 Å². The smallest absolute Gasteiger partial charge is 0.270 e. The maximum atomic E-state index is 10.4. The number of hydrogen-bond donors (Lipinski definition) is 0. The largest absolute Gasteiger partial charge is 0.468 e.